The summed E-state index contributed by atoms with van der Waals surface area (Å²) in [5.41, 5.74) is -0.490. The smallest absolute Gasteiger partial charge is 0.302 e. The van der Waals surface area contributed by atoms with Crippen molar-refractivity contribution in [1.82, 2.24) is 0 Å². The fraction of sp³-hybridized carbons (Fsp3) is 0.143. The molecule has 0 aliphatic heterocycles. The molecule has 1 rings (SSSR count). The molecule has 0 aliphatic rings. The Morgan fingerprint density at radius 1 is 1.38 bits per heavy atom. The van der Waals surface area contributed by atoms with Crippen LogP contribution in [0.5, 0.6) is 0 Å². The van der Waals surface area contributed by atoms with Gasteiger partial charge >= 0.3 is 4.83 Å². The summed E-state index contributed by atoms with van der Waals surface area (Å²) in [5, 5.41) is 0. The standard InChI is InChI=1S/C7H5BrF2O2S/c8-7(9,10)5-3-1-2-4-6(5)13(11)12/h1-4H,(H,11,12). The van der Waals surface area contributed by atoms with Crippen LogP contribution in [0.4, 0.5) is 8.78 Å². The van der Waals surface area contributed by atoms with Crippen LogP contribution in [0.2, 0.25) is 0 Å². The monoisotopic (exact) mass is 270 g/mol. The number of hydrogen-bond acceptors (Lipinski definition) is 1. The Morgan fingerprint density at radius 3 is 2.31 bits per heavy atom. The van der Waals surface area contributed by atoms with Crippen LogP contribution >= 0.6 is 15.9 Å². The first kappa shape index (κ1) is 10.7. The number of benzene rings is 1. The maximum absolute atomic E-state index is 12.7. The van der Waals surface area contributed by atoms with Crippen molar-refractivity contribution in [2.24, 2.45) is 0 Å². The van der Waals surface area contributed by atoms with Gasteiger partial charge in [-0.2, -0.15) is 8.78 Å². The molecule has 0 spiro atoms. The van der Waals surface area contributed by atoms with Crippen LogP contribution in [0.25, 0.3) is 0 Å². The highest BCUT2D eigenvalue weighted by Crippen LogP contribution is 2.37. The van der Waals surface area contributed by atoms with Crippen molar-refractivity contribution in [2.45, 2.75) is 9.73 Å². The minimum Gasteiger partial charge on any atom is -0.302 e. The summed E-state index contributed by atoms with van der Waals surface area (Å²) >= 11 is -0.270. The average Bonchev–Trinajstić information content (AvgIpc) is 2.03. The zero-order chi connectivity index (χ0) is 10.1. The van der Waals surface area contributed by atoms with Gasteiger partial charge in [-0.1, -0.05) is 18.2 Å². The zero-order valence-corrected chi connectivity index (χ0v) is 8.61. The lowest BCUT2D eigenvalue weighted by Crippen LogP contribution is -2.07. The molecule has 0 aromatic heterocycles. The van der Waals surface area contributed by atoms with E-state index < -0.39 is 21.5 Å². The molecule has 0 radical (unpaired) electrons. The van der Waals surface area contributed by atoms with E-state index in [1.54, 1.807) is 0 Å². The Bertz CT molecular complexity index is 338. The van der Waals surface area contributed by atoms with Gasteiger partial charge in [-0.15, -0.1) is 0 Å². The lowest BCUT2D eigenvalue weighted by atomic mass is 10.2. The summed E-state index contributed by atoms with van der Waals surface area (Å²) in [5.74, 6) is 0. The second-order valence-electron chi connectivity index (χ2n) is 2.24. The minimum atomic E-state index is -3.28. The maximum atomic E-state index is 12.7. The zero-order valence-electron chi connectivity index (χ0n) is 6.21. The molecule has 2 nitrogen and oxygen atoms in total. The van der Waals surface area contributed by atoms with Crippen molar-refractivity contribution in [3.05, 3.63) is 29.8 Å². The summed E-state index contributed by atoms with van der Waals surface area (Å²) in [7, 11) is 0. The highest BCUT2D eigenvalue weighted by molar-refractivity contribution is 9.09. The van der Waals surface area contributed by atoms with Crippen molar-refractivity contribution in [3.63, 3.8) is 0 Å². The average molecular weight is 271 g/mol. The first-order valence-corrected chi connectivity index (χ1v) is 5.10. The van der Waals surface area contributed by atoms with Gasteiger partial charge < -0.3 is 4.55 Å². The van der Waals surface area contributed by atoms with Gasteiger partial charge in [-0.3, -0.25) is 0 Å². The molecule has 0 bridgehead atoms. The van der Waals surface area contributed by atoms with E-state index in [0.29, 0.717) is 0 Å². The van der Waals surface area contributed by atoms with E-state index in [2.05, 4.69) is 15.9 Å². The Hall–Kier alpha value is -0.330. The normalized spacial score (nSPS) is 14.2. The third-order valence-electron chi connectivity index (χ3n) is 1.38. The van der Waals surface area contributed by atoms with Crippen LogP contribution in [-0.2, 0) is 15.9 Å². The van der Waals surface area contributed by atoms with Gasteiger partial charge in [-0.05, 0) is 22.0 Å². The van der Waals surface area contributed by atoms with E-state index in [-0.39, 0.29) is 4.90 Å². The number of halogens is 3. The molecular weight excluding hydrogens is 266 g/mol. The summed E-state index contributed by atoms with van der Waals surface area (Å²) < 4.78 is 44.8. The molecule has 0 saturated carbocycles. The lowest BCUT2D eigenvalue weighted by Gasteiger charge is -2.10. The van der Waals surface area contributed by atoms with E-state index in [1.165, 1.54) is 18.2 Å². The van der Waals surface area contributed by atoms with Gasteiger partial charge in [0.05, 0.1) is 10.5 Å². The van der Waals surface area contributed by atoms with E-state index in [0.717, 1.165) is 6.07 Å². The fourth-order valence-electron chi connectivity index (χ4n) is 0.853. The van der Waals surface area contributed by atoms with Gasteiger partial charge in [0.25, 0.3) is 0 Å². The van der Waals surface area contributed by atoms with Crippen molar-refractivity contribution >= 4 is 27.0 Å². The van der Waals surface area contributed by atoms with E-state index in [4.69, 9.17) is 4.55 Å². The Balaban J connectivity index is 3.28. The van der Waals surface area contributed by atoms with Crippen LogP contribution in [0.1, 0.15) is 5.56 Å². The Kier molecular flexibility index (Phi) is 3.15. The fourth-order valence-corrected chi connectivity index (χ4v) is 1.91. The molecule has 1 atom stereocenters. The third kappa shape index (κ3) is 2.55. The van der Waals surface area contributed by atoms with Crippen molar-refractivity contribution < 1.29 is 17.5 Å². The number of hydrogen-bond donors (Lipinski definition) is 1. The molecule has 0 amide bonds. The largest absolute Gasteiger partial charge is 0.327 e. The molecule has 0 heterocycles. The number of alkyl halides is 3. The first-order valence-electron chi connectivity index (χ1n) is 3.20. The van der Waals surface area contributed by atoms with Crippen LogP contribution < -0.4 is 0 Å². The molecule has 6 heteroatoms. The molecule has 1 unspecified atom stereocenters. The van der Waals surface area contributed by atoms with Gasteiger partial charge in [0.2, 0.25) is 0 Å². The second-order valence-corrected chi connectivity index (χ2v) is 4.18. The summed E-state index contributed by atoms with van der Waals surface area (Å²) in [4.78, 5) is -3.56. The van der Waals surface area contributed by atoms with Crippen molar-refractivity contribution in [3.8, 4) is 0 Å². The van der Waals surface area contributed by atoms with E-state index in [1.807, 2.05) is 0 Å². The predicted molar refractivity (Wildman–Crippen MR) is 48.3 cm³/mol. The highest BCUT2D eigenvalue weighted by atomic mass is 79.9. The Morgan fingerprint density at radius 2 is 1.92 bits per heavy atom. The molecule has 1 aromatic rings. The van der Waals surface area contributed by atoms with Gasteiger partial charge in [0.15, 0.2) is 11.1 Å². The Labute approximate surface area is 84.4 Å². The molecule has 13 heavy (non-hydrogen) atoms. The van der Waals surface area contributed by atoms with E-state index in [9.17, 15) is 13.0 Å². The van der Waals surface area contributed by atoms with Gasteiger partial charge in [0.1, 0.15) is 0 Å². The summed E-state index contributed by atoms with van der Waals surface area (Å²) in [6.45, 7) is 0. The van der Waals surface area contributed by atoms with Crippen LogP contribution in [0.3, 0.4) is 0 Å². The summed E-state index contributed by atoms with van der Waals surface area (Å²) in [6, 6.07) is 5.07. The topological polar surface area (TPSA) is 37.3 Å². The van der Waals surface area contributed by atoms with Crippen LogP contribution in [0, 0.1) is 0 Å². The molecular formula is C7H5BrF2O2S. The van der Waals surface area contributed by atoms with Crippen molar-refractivity contribution in [1.29, 1.82) is 0 Å². The maximum Gasteiger partial charge on any atom is 0.327 e. The highest BCUT2D eigenvalue weighted by Gasteiger charge is 2.31. The SMILES string of the molecule is O=S(O)c1ccccc1C(F)(F)Br. The predicted octanol–water partition coefficient (Wildman–Crippen LogP) is 2.71. The molecule has 0 saturated heterocycles. The quantitative estimate of drug-likeness (QED) is 0.663. The van der Waals surface area contributed by atoms with Crippen LogP contribution in [-0.4, -0.2) is 8.76 Å². The van der Waals surface area contributed by atoms with Crippen LogP contribution in [0.15, 0.2) is 29.2 Å². The minimum absolute atomic E-state index is 0.288. The third-order valence-corrected chi connectivity index (χ3v) is 2.54. The number of rotatable bonds is 2. The van der Waals surface area contributed by atoms with E-state index >= 15 is 0 Å². The summed E-state index contributed by atoms with van der Waals surface area (Å²) in [6.07, 6.45) is 0. The molecule has 72 valence electrons. The second kappa shape index (κ2) is 3.81. The van der Waals surface area contributed by atoms with Crippen molar-refractivity contribution in [2.75, 3.05) is 0 Å². The first-order chi connectivity index (χ1) is 5.93. The molecule has 1 N–H and O–H groups in total. The molecule has 0 aliphatic carbocycles. The molecule has 1 aromatic carbocycles. The lowest BCUT2D eigenvalue weighted by molar-refractivity contribution is 0.111. The van der Waals surface area contributed by atoms with Gasteiger partial charge in [0, 0.05) is 0 Å². The van der Waals surface area contributed by atoms with Gasteiger partial charge in [-0.25, -0.2) is 4.21 Å². The molecule has 0 fully saturated rings.